The van der Waals surface area contributed by atoms with Crippen LogP contribution in [0.2, 0.25) is 25.1 Å². The summed E-state index contributed by atoms with van der Waals surface area (Å²) >= 11 is 41.7. The lowest BCUT2D eigenvalue weighted by molar-refractivity contribution is -0.142. The number of carbonyl (C=O) groups excluding carboxylic acids is 5. The van der Waals surface area contributed by atoms with Crippen molar-refractivity contribution in [2.45, 2.75) is 174 Å². The number of nitrogens with one attached hydrogen (secondary N) is 6. The number of aromatic amines is 1. The quantitative estimate of drug-likeness (QED) is 0.00717. The van der Waals surface area contributed by atoms with E-state index in [0.29, 0.717) is 86.9 Å². The average Bonchev–Trinajstić information content (AvgIpc) is 1.64. The van der Waals surface area contributed by atoms with Gasteiger partial charge in [0.05, 0.1) is 87.7 Å². The van der Waals surface area contributed by atoms with Crippen LogP contribution in [0.15, 0.2) is 169 Å². The maximum Gasteiger partial charge on any atom is 0.426 e. The van der Waals surface area contributed by atoms with Gasteiger partial charge in [0.15, 0.2) is 4.77 Å². The van der Waals surface area contributed by atoms with Gasteiger partial charge in [-0.1, -0.05) is 113 Å². The second kappa shape index (κ2) is 56.9. The summed E-state index contributed by atoms with van der Waals surface area (Å²) in [4.78, 5) is 71.1. The standard InChI is InChI=1S/C20H21ClFNO2S.C18H17ClFN3OS.C16H23ClN2O4.C11H15ClN2O2.C11H13ClO3.C7H4FNS.C5H12N2O2.C4H10O.2ClH/c1-20(2,14-6-9-17(21)18(11-14)25-3)19(24)23-12-16(26)10-13-4-7-15(22)8-5-13;1-18(2,11-4-9-14(19)15(10-11)24-3)16-21-22-17(25)23(16)13-7-5-12(20)6-8-13;1-15(2,3)23-14(21)19-18-13(20)16(4,5)10-7-8-11(17)12(9-10)22-6;1-11(2,10(15)14-13)7-4-5-8(12)9(6-7)16-3;1-11(2,10(13)14)7-4-5-8(12)9(6-7)15-3;8-6-1-3-7(4-2-6)10-5-9;1-5(2,3)9-4(8)7-6;1-3-5-4-2;;/h4-9,11H,10,12H2,1-3H3,(H,23,24);4-10H,1-3H3,(H,22,25);7-9H,1-6H3,(H,18,20)(H,19,21);4-6H,13H2,1-3H3,(H,14,15);4-6H,1-3H3,(H,13,14);1-4H;6H2,1-3H3,(H,7,8);3-4H2,1-2H3;2*1H. The highest BCUT2D eigenvalue weighted by molar-refractivity contribution is 8.03. The Kier molecular flexibility index (Phi) is 52.6. The van der Waals surface area contributed by atoms with Crippen LogP contribution in [0.25, 0.3) is 5.69 Å². The first kappa shape index (κ1) is 121. The third kappa shape index (κ3) is 39.9. The van der Waals surface area contributed by atoms with E-state index in [9.17, 15) is 41.9 Å². The molecular weight excluding hydrogens is 1900 g/mol. The summed E-state index contributed by atoms with van der Waals surface area (Å²) < 4.78 is 81.1. The first-order valence-electron chi connectivity index (χ1n) is 39.4. The van der Waals surface area contributed by atoms with E-state index in [1.807, 2.05) is 64.5 Å². The molecule has 1 aromatic heterocycles. The van der Waals surface area contributed by atoms with Crippen molar-refractivity contribution >= 4 is 160 Å². The number of carbonyl (C=O) groups is 6. The van der Waals surface area contributed by atoms with Gasteiger partial charge in [-0.25, -0.2) is 39.9 Å². The molecule has 26 nitrogen and oxygen atoms in total. The Bertz CT molecular complexity index is 5290. The number of halogens is 10. The number of hydrogen-bond acceptors (Lipinski definition) is 21. The number of carboxylic acids is 1. The van der Waals surface area contributed by atoms with Crippen LogP contribution in [0.3, 0.4) is 0 Å². The Balaban J connectivity index is 0.00000153. The van der Waals surface area contributed by atoms with Crippen LogP contribution in [0.4, 0.5) is 22.8 Å². The largest absolute Gasteiger partial charge is 0.495 e. The van der Waals surface area contributed by atoms with Gasteiger partial charge in [0.25, 0.3) is 0 Å². The summed E-state index contributed by atoms with van der Waals surface area (Å²) in [6.07, 6.45) is -0.830. The number of nitrogens with zero attached hydrogens (tertiary/aromatic N) is 3. The van der Waals surface area contributed by atoms with Crippen molar-refractivity contribution < 1.29 is 84.9 Å². The number of hydrazine groups is 3. The van der Waals surface area contributed by atoms with Crippen LogP contribution in [-0.2, 0) is 66.9 Å². The van der Waals surface area contributed by atoms with Gasteiger partial charge < -0.3 is 48.3 Å². The Morgan fingerprint density at radius 2 is 0.824 bits per heavy atom. The molecule has 1 heterocycles. The van der Waals surface area contributed by atoms with Crippen molar-refractivity contribution in [1.29, 1.82) is 5.26 Å². The van der Waals surface area contributed by atoms with Crippen molar-refractivity contribution in [2.24, 2.45) is 11.7 Å². The van der Waals surface area contributed by atoms with E-state index in [-0.39, 0.29) is 60.6 Å². The molecule has 0 spiro atoms. The summed E-state index contributed by atoms with van der Waals surface area (Å²) in [6, 6.07) is 44.3. The molecule has 0 atom stereocenters. The number of H-pyrrole nitrogens is 1. The number of ether oxygens (including phenoxy) is 8. The summed E-state index contributed by atoms with van der Waals surface area (Å²) in [7, 11) is 7.64. The van der Waals surface area contributed by atoms with Crippen molar-refractivity contribution in [1.82, 2.24) is 41.8 Å². The van der Waals surface area contributed by atoms with Gasteiger partial charge >= 0.3 is 18.2 Å². The molecular formula is C92H117Cl7F3N11O15S3. The zero-order valence-electron chi connectivity index (χ0n) is 77.1. The normalized spacial score (nSPS) is 10.8. The Morgan fingerprint density at radius 1 is 0.489 bits per heavy atom. The highest BCUT2D eigenvalue weighted by Crippen LogP contribution is 2.39. The highest BCUT2D eigenvalue weighted by Gasteiger charge is 2.36. The predicted molar refractivity (Wildman–Crippen MR) is 524 cm³/mol. The number of methoxy groups -OCH3 is 5. The lowest BCUT2D eigenvalue weighted by Crippen LogP contribution is -2.50. The number of aliphatic carboxylic acids is 1. The van der Waals surface area contributed by atoms with Crippen molar-refractivity contribution in [2.75, 3.05) is 55.3 Å². The summed E-state index contributed by atoms with van der Waals surface area (Å²) in [5.41, 5.74) is 9.18. The number of thioether (sulfide) groups is 1. The third-order valence-electron chi connectivity index (χ3n) is 18.4. The SMILES string of the molecule is CC(C)(C)OC(=O)NN.CCOCC.COc1cc(C(C)(C)C(=O)NCC(=S)Cc2ccc(F)cc2)ccc1Cl.COc1cc(C(C)(C)C(=O)NN)ccc1Cl.COc1cc(C(C)(C)C(=O)NNC(=O)OC(C)(C)C)ccc1Cl.COc1cc(C(C)(C)C(=O)O)ccc1Cl.COc1cc(C(C)(C)c2n[nH]c(=S)n2-c2ccc(F)cc2)ccc1Cl.Cl.Cl.N#CSc1ccc(F)cc1. The van der Waals surface area contributed by atoms with E-state index in [2.05, 4.69) is 31.8 Å². The number of thiocyanates is 1. The van der Waals surface area contributed by atoms with Crippen LogP contribution in [0.1, 0.15) is 164 Å². The Morgan fingerprint density at radius 3 is 1.15 bits per heavy atom. The molecule has 8 aromatic carbocycles. The summed E-state index contributed by atoms with van der Waals surface area (Å²) in [5, 5.41) is 31.8. The van der Waals surface area contributed by atoms with Gasteiger partial charge in [-0.05, 0) is 303 Å². The molecule has 0 saturated heterocycles. The van der Waals surface area contributed by atoms with E-state index in [4.69, 9.17) is 142 Å². The molecule has 9 rings (SSSR count). The number of carboxylic acid groups (broad SMARTS) is 1. The van der Waals surface area contributed by atoms with Gasteiger partial charge in [-0.15, -0.1) is 24.8 Å². The maximum atomic E-state index is 13.3. The van der Waals surface area contributed by atoms with Crippen molar-refractivity contribution in [3.05, 3.63) is 250 Å². The zero-order chi connectivity index (χ0) is 98.3. The van der Waals surface area contributed by atoms with E-state index >= 15 is 0 Å². The number of nitrogens with two attached hydrogens (primary N) is 2. The molecule has 131 heavy (non-hydrogen) atoms. The van der Waals surface area contributed by atoms with Crippen LogP contribution >= 0.6 is 119 Å². The van der Waals surface area contributed by atoms with Gasteiger partial charge in [0.2, 0.25) is 17.7 Å². The molecule has 0 aliphatic rings. The van der Waals surface area contributed by atoms with Crippen LogP contribution < -0.4 is 62.4 Å². The Labute approximate surface area is 817 Å². The fourth-order valence-electron chi connectivity index (χ4n) is 10.5. The smallest absolute Gasteiger partial charge is 0.426 e. The number of benzene rings is 8. The third-order valence-corrected chi connectivity index (χ3v) is 21.1. The number of thiocarbonyl (C=S) groups is 1. The summed E-state index contributed by atoms with van der Waals surface area (Å²) in [6.45, 7) is 34.4. The molecule has 0 unspecified atom stereocenters. The molecule has 11 N–H and O–H groups in total. The summed E-state index contributed by atoms with van der Waals surface area (Å²) in [5.74, 6) is 10.7. The molecule has 0 fully saturated rings. The minimum atomic E-state index is -0.947. The number of nitriles is 1. The van der Waals surface area contributed by atoms with Gasteiger partial charge in [-0.2, -0.15) is 10.4 Å². The van der Waals surface area contributed by atoms with Gasteiger partial charge in [0.1, 0.15) is 68.6 Å². The van der Waals surface area contributed by atoms with Crippen molar-refractivity contribution in [3.63, 3.8) is 0 Å². The first-order valence-corrected chi connectivity index (χ1v) is 42.9. The van der Waals surface area contributed by atoms with Crippen molar-refractivity contribution in [3.8, 4) is 39.8 Å². The second-order valence-electron chi connectivity index (χ2n) is 32.0. The van der Waals surface area contributed by atoms with Crippen LogP contribution in [-0.4, -0.2) is 127 Å². The zero-order valence-corrected chi connectivity index (χ0v) is 85.0. The fraction of sp³-hybridized carbons (Fsp3) is 0.370. The van der Waals surface area contributed by atoms with E-state index in [1.54, 1.807) is 210 Å². The molecule has 0 aliphatic heterocycles. The van der Waals surface area contributed by atoms with Gasteiger partial charge in [-0.3, -0.25) is 45.1 Å². The molecule has 0 saturated carbocycles. The first-order chi connectivity index (χ1) is 60.1. The molecule has 0 aliphatic carbocycles. The molecule has 39 heteroatoms. The topological polar surface area (TPSA) is 366 Å². The molecule has 718 valence electrons. The van der Waals surface area contributed by atoms with E-state index in [1.165, 1.54) is 64.8 Å². The van der Waals surface area contributed by atoms with E-state index < -0.39 is 62.3 Å². The fourth-order valence-corrected chi connectivity index (χ4v) is 12.4. The van der Waals surface area contributed by atoms with E-state index in [0.717, 1.165) is 57.8 Å². The number of rotatable bonds is 23. The predicted octanol–water partition coefficient (Wildman–Crippen LogP) is 21.7. The molecule has 9 aromatic rings. The minimum Gasteiger partial charge on any atom is -0.495 e. The second-order valence-corrected chi connectivity index (χ2v) is 35.9. The van der Waals surface area contributed by atoms with Crippen LogP contribution in [0.5, 0.6) is 28.7 Å². The average molecular weight is 2020 g/mol. The minimum absolute atomic E-state index is 0. The Hall–Kier alpha value is -9.83. The molecule has 5 amide bonds. The lowest BCUT2D eigenvalue weighted by Gasteiger charge is -2.25. The molecule has 0 radical (unpaired) electrons. The maximum absolute atomic E-state index is 13.3. The number of amides is 5. The lowest BCUT2D eigenvalue weighted by atomic mass is 9.83. The van der Waals surface area contributed by atoms with Gasteiger partial charge in [0, 0.05) is 41.6 Å². The highest BCUT2D eigenvalue weighted by atomic mass is 35.5. The molecule has 0 bridgehead atoms. The monoisotopic (exact) mass is 2010 g/mol. The number of hydrogen-bond donors (Lipinski definition) is 9. The number of aromatic nitrogens is 3. The van der Waals surface area contributed by atoms with Crippen LogP contribution in [0, 0.1) is 32.9 Å².